The summed E-state index contributed by atoms with van der Waals surface area (Å²) in [6, 6.07) is 10.5. The number of rotatable bonds is 6. The van der Waals surface area contributed by atoms with Gasteiger partial charge in [-0.1, -0.05) is 0 Å². The predicted molar refractivity (Wildman–Crippen MR) is 107 cm³/mol. The van der Waals surface area contributed by atoms with Crippen LogP contribution in [0.4, 0.5) is 5.69 Å². The van der Waals surface area contributed by atoms with Crippen LogP contribution >= 0.6 is 0 Å². The first kappa shape index (κ1) is 22.1. The van der Waals surface area contributed by atoms with Crippen LogP contribution in [0.2, 0.25) is 0 Å². The maximum atomic E-state index is 12.6. The number of sulfonamides is 1. The molecule has 2 rings (SSSR count). The van der Waals surface area contributed by atoms with Crippen LogP contribution in [0.3, 0.4) is 0 Å². The van der Waals surface area contributed by atoms with Crippen LogP contribution in [-0.4, -0.2) is 45.3 Å². The number of esters is 1. The number of carbonyl (C=O) groups is 2. The maximum Gasteiger partial charge on any atom is 0.338 e. The van der Waals surface area contributed by atoms with Gasteiger partial charge in [0, 0.05) is 12.7 Å². The number of hydrogen-bond acceptors (Lipinski definition) is 6. The summed E-state index contributed by atoms with van der Waals surface area (Å²) in [5.74, 6) is -1.09. The lowest BCUT2D eigenvalue weighted by molar-refractivity contribution is -0.116. The van der Waals surface area contributed by atoms with Gasteiger partial charge in [0.05, 0.1) is 35.7 Å². The predicted octanol–water partition coefficient (Wildman–Crippen LogP) is 2.22. The van der Waals surface area contributed by atoms with Gasteiger partial charge in [0.25, 0.3) is 0 Å². The van der Waals surface area contributed by atoms with E-state index in [2.05, 4.69) is 5.32 Å². The Morgan fingerprint density at radius 1 is 1.17 bits per heavy atom. The normalized spacial score (nSPS) is 11.0. The summed E-state index contributed by atoms with van der Waals surface area (Å²) in [6.07, 6.45) is 0. The number of benzene rings is 2. The van der Waals surface area contributed by atoms with Gasteiger partial charge in [-0.3, -0.25) is 4.79 Å². The number of ether oxygens (including phenoxy) is 1. The van der Waals surface area contributed by atoms with Gasteiger partial charge in [0.2, 0.25) is 15.9 Å². The molecule has 1 N–H and O–H groups in total. The second kappa shape index (κ2) is 8.86. The summed E-state index contributed by atoms with van der Waals surface area (Å²) >= 11 is 0. The van der Waals surface area contributed by atoms with E-state index in [1.807, 2.05) is 6.07 Å². The van der Waals surface area contributed by atoms with E-state index in [1.165, 1.54) is 44.5 Å². The van der Waals surface area contributed by atoms with Crippen molar-refractivity contribution in [3.05, 3.63) is 58.7 Å². The van der Waals surface area contributed by atoms with E-state index >= 15 is 0 Å². The Bertz CT molecular complexity index is 1090. The molecule has 2 aromatic rings. The van der Waals surface area contributed by atoms with Crippen LogP contribution in [0.5, 0.6) is 0 Å². The molecule has 0 atom stereocenters. The van der Waals surface area contributed by atoms with E-state index in [4.69, 9.17) is 10.00 Å². The van der Waals surface area contributed by atoms with Crippen LogP contribution in [0.25, 0.3) is 0 Å². The molecule has 0 radical (unpaired) electrons. The summed E-state index contributed by atoms with van der Waals surface area (Å²) < 4.78 is 30.9. The zero-order chi connectivity index (χ0) is 21.8. The minimum absolute atomic E-state index is 0.0223. The Labute approximate surface area is 169 Å². The van der Waals surface area contributed by atoms with Gasteiger partial charge in [-0.05, 0) is 61.4 Å². The topological polar surface area (TPSA) is 117 Å². The highest BCUT2D eigenvalue weighted by atomic mass is 32.2. The highest BCUT2D eigenvalue weighted by molar-refractivity contribution is 7.89. The number of methoxy groups -OCH3 is 1. The van der Waals surface area contributed by atoms with Gasteiger partial charge < -0.3 is 10.1 Å². The third-order valence-corrected chi connectivity index (χ3v) is 6.23. The first-order valence-corrected chi connectivity index (χ1v) is 10.00. The highest BCUT2D eigenvalue weighted by Gasteiger charge is 2.23. The lowest BCUT2D eigenvalue weighted by Gasteiger charge is -2.17. The van der Waals surface area contributed by atoms with Crippen molar-refractivity contribution in [1.82, 2.24) is 4.31 Å². The quantitative estimate of drug-likeness (QED) is 0.723. The number of likely N-dealkylation sites (N-methyl/N-ethyl adjacent to an activating group) is 1. The van der Waals surface area contributed by atoms with E-state index < -0.39 is 28.4 Å². The summed E-state index contributed by atoms with van der Waals surface area (Å²) in [4.78, 5) is 24.2. The van der Waals surface area contributed by atoms with Crippen LogP contribution in [-0.2, 0) is 19.6 Å². The largest absolute Gasteiger partial charge is 0.465 e. The van der Waals surface area contributed by atoms with E-state index in [9.17, 15) is 18.0 Å². The molecule has 0 bridgehead atoms. The van der Waals surface area contributed by atoms with Crippen molar-refractivity contribution in [2.24, 2.45) is 0 Å². The minimum Gasteiger partial charge on any atom is -0.465 e. The monoisotopic (exact) mass is 415 g/mol. The number of hydrogen-bond donors (Lipinski definition) is 1. The fourth-order valence-corrected chi connectivity index (χ4v) is 3.75. The molecule has 0 fully saturated rings. The van der Waals surface area contributed by atoms with Gasteiger partial charge in [0.1, 0.15) is 0 Å². The van der Waals surface area contributed by atoms with E-state index in [0.29, 0.717) is 16.8 Å². The molecule has 0 aliphatic carbocycles. The SMILES string of the molecule is COC(=O)c1cc(NC(=O)CN(C)S(=O)(=O)c2ccc(C#N)cc2)cc(C)c1C. The van der Waals surface area contributed by atoms with Crippen molar-refractivity contribution in [1.29, 1.82) is 5.26 Å². The molecule has 0 aliphatic rings. The molecule has 9 heteroatoms. The summed E-state index contributed by atoms with van der Waals surface area (Å²) in [6.45, 7) is 3.13. The van der Waals surface area contributed by atoms with Gasteiger partial charge in [-0.2, -0.15) is 9.57 Å². The van der Waals surface area contributed by atoms with Crippen LogP contribution in [0.15, 0.2) is 41.3 Å². The minimum atomic E-state index is -3.90. The van der Waals surface area contributed by atoms with Crippen LogP contribution in [0.1, 0.15) is 27.0 Å². The molecule has 2 aromatic carbocycles. The fraction of sp³-hybridized carbons (Fsp3) is 0.250. The summed E-state index contributed by atoms with van der Waals surface area (Å²) in [5.41, 5.74) is 2.53. The first-order chi connectivity index (χ1) is 13.6. The van der Waals surface area contributed by atoms with Crippen molar-refractivity contribution >= 4 is 27.6 Å². The standard InChI is InChI=1S/C20H21N3O5S/c1-13-9-16(10-18(14(13)2)20(25)28-4)22-19(24)12-23(3)29(26,27)17-7-5-15(11-21)6-8-17/h5-10H,12H2,1-4H3,(H,22,24). The van der Waals surface area contributed by atoms with Crippen molar-refractivity contribution < 1.29 is 22.7 Å². The Morgan fingerprint density at radius 3 is 2.34 bits per heavy atom. The zero-order valence-electron chi connectivity index (χ0n) is 16.5. The van der Waals surface area contributed by atoms with Gasteiger partial charge in [0.15, 0.2) is 0 Å². The molecule has 0 unspecified atom stereocenters. The third-order valence-electron chi connectivity index (χ3n) is 4.41. The second-order valence-corrected chi connectivity index (χ2v) is 8.45. The summed E-state index contributed by atoms with van der Waals surface area (Å²) in [7, 11) is -1.35. The molecular formula is C20H21N3O5S. The lowest BCUT2D eigenvalue weighted by atomic mass is 10.0. The zero-order valence-corrected chi connectivity index (χ0v) is 17.3. The number of amides is 1. The average Bonchev–Trinajstić information content (AvgIpc) is 2.69. The van der Waals surface area contributed by atoms with Gasteiger partial charge in [-0.15, -0.1) is 0 Å². The molecule has 0 heterocycles. The first-order valence-electron chi connectivity index (χ1n) is 8.56. The molecule has 0 saturated heterocycles. The van der Waals surface area contributed by atoms with Crippen LogP contribution < -0.4 is 5.32 Å². The molecule has 0 saturated carbocycles. The Morgan fingerprint density at radius 2 is 1.79 bits per heavy atom. The number of carbonyl (C=O) groups excluding carboxylic acids is 2. The second-order valence-electron chi connectivity index (χ2n) is 6.40. The molecule has 0 spiro atoms. The molecule has 0 aromatic heterocycles. The third kappa shape index (κ3) is 4.99. The number of nitrogens with zero attached hydrogens (tertiary/aromatic N) is 2. The van der Waals surface area contributed by atoms with E-state index in [1.54, 1.807) is 19.9 Å². The average molecular weight is 415 g/mol. The van der Waals surface area contributed by atoms with Gasteiger partial charge >= 0.3 is 5.97 Å². The van der Waals surface area contributed by atoms with Gasteiger partial charge in [-0.25, -0.2) is 13.2 Å². The lowest BCUT2D eigenvalue weighted by Crippen LogP contribution is -2.35. The van der Waals surface area contributed by atoms with E-state index in [0.717, 1.165) is 15.4 Å². The Kier molecular flexibility index (Phi) is 6.74. The van der Waals surface area contributed by atoms with Crippen molar-refractivity contribution in [3.63, 3.8) is 0 Å². The van der Waals surface area contributed by atoms with Crippen LogP contribution in [0, 0.1) is 25.2 Å². The smallest absolute Gasteiger partial charge is 0.338 e. The fourth-order valence-electron chi connectivity index (χ4n) is 2.62. The van der Waals surface area contributed by atoms with E-state index in [-0.39, 0.29) is 4.90 Å². The van der Waals surface area contributed by atoms with Crippen molar-refractivity contribution in [2.45, 2.75) is 18.7 Å². The number of nitrogens with one attached hydrogen (secondary N) is 1. The Hall–Kier alpha value is -3.22. The Balaban J connectivity index is 2.17. The molecule has 1 amide bonds. The number of anilines is 1. The molecule has 29 heavy (non-hydrogen) atoms. The molecule has 8 nitrogen and oxygen atoms in total. The van der Waals surface area contributed by atoms with Crippen molar-refractivity contribution in [2.75, 3.05) is 26.0 Å². The van der Waals surface area contributed by atoms with Crippen molar-refractivity contribution in [3.8, 4) is 6.07 Å². The number of nitriles is 1. The number of aryl methyl sites for hydroxylation is 1. The molecular weight excluding hydrogens is 394 g/mol. The maximum absolute atomic E-state index is 12.6. The highest BCUT2D eigenvalue weighted by Crippen LogP contribution is 2.21. The summed E-state index contributed by atoms with van der Waals surface area (Å²) in [5, 5.41) is 11.4. The molecule has 0 aliphatic heterocycles. The molecule has 152 valence electrons.